The number of nitrogens with one attached hydrogen (secondary N) is 1. The molecule has 0 bridgehead atoms. The minimum Gasteiger partial charge on any atom is -0.481 e. The number of aryl methyl sites for hydroxylation is 1. The predicted molar refractivity (Wildman–Crippen MR) is 93.9 cm³/mol. The molecule has 1 atom stereocenters. The topological polar surface area (TPSA) is 79.3 Å². The number of hydrogen-bond donors (Lipinski definition) is 2. The highest BCUT2D eigenvalue weighted by Crippen LogP contribution is 2.21. The van der Waals surface area contributed by atoms with Crippen LogP contribution in [-0.2, 0) is 16.0 Å². The lowest BCUT2D eigenvalue weighted by atomic mass is 10.0. The van der Waals surface area contributed by atoms with E-state index in [4.69, 9.17) is 5.11 Å². The Morgan fingerprint density at radius 2 is 1.96 bits per heavy atom. The number of thioether (sulfide) groups is 1. The van der Waals surface area contributed by atoms with Crippen LogP contribution in [0.2, 0.25) is 0 Å². The van der Waals surface area contributed by atoms with Crippen molar-refractivity contribution in [3.63, 3.8) is 0 Å². The van der Waals surface area contributed by atoms with E-state index >= 15 is 0 Å². The Morgan fingerprint density at radius 1 is 1.21 bits per heavy atom. The number of nitrogens with zero attached hydrogens (tertiary/aromatic N) is 1. The second-order valence-corrected chi connectivity index (χ2v) is 6.19. The zero-order chi connectivity index (χ0) is 17.4. The van der Waals surface area contributed by atoms with Crippen molar-refractivity contribution in [3.05, 3.63) is 59.9 Å². The predicted octanol–water partition coefficient (Wildman–Crippen LogP) is 3.07. The summed E-state index contributed by atoms with van der Waals surface area (Å²) in [6.45, 7) is 0. The van der Waals surface area contributed by atoms with Gasteiger partial charge in [-0.05, 0) is 42.5 Å². The summed E-state index contributed by atoms with van der Waals surface area (Å²) in [5.41, 5.74) is 1.63. The fourth-order valence-corrected chi connectivity index (χ4v) is 2.73. The van der Waals surface area contributed by atoms with E-state index in [0.717, 1.165) is 16.2 Å². The molecule has 0 aliphatic heterocycles. The number of pyridine rings is 1. The molecule has 0 radical (unpaired) electrons. The van der Waals surface area contributed by atoms with E-state index in [9.17, 15) is 9.59 Å². The van der Waals surface area contributed by atoms with Gasteiger partial charge in [0.2, 0.25) is 5.91 Å². The van der Waals surface area contributed by atoms with Crippen LogP contribution in [0.15, 0.2) is 53.6 Å². The quantitative estimate of drug-likeness (QED) is 0.720. The summed E-state index contributed by atoms with van der Waals surface area (Å²) < 4.78 is 0. The average molecular weight is 344 g/mol. The molecule has 2 rings (SSSR count). The van der Waals surface area contributed by atoms with Crippen molar-refractivity contribution in [2.45, 2.75) is 30.2 Å². The average Bonchev–Trinajstić information content (AvgIpc) is 2.60. The molecule has 1 unspecified atom stereocenters. The number of benzene rings is 1. The van der Waals surface area contributed by atoms with Crippen LogP contribution >= 0.6 is 11.8 Å². The van der Waals surface area contributed by atoms with Crippen molar-refractivity contribution in [1.82, 2.24) is 10.3 Å². The number of aliphatic carboxylic acids is 1. The Balaban J connectivity index is 1.99. The Kier molecular flexibility index (Phi) is 6.81. The van der Waals surface area contributed by atoms with E-state index in [-0.39, 0.29) is 18.7 Å². The van der Waals surface area contributed by atoms with E-state index < -0.39 is 12.0 Å². The van der Waals surface area contributed by atoms with Crippen molar-refractivity contribution in [2.75, 3.05) is 6.26 Å². The lowest BCUT2D eigenvalue weighted by Gasteiger charge is -2.18. The highest BCUT2D eigenvalue weighted by atomic mass is 32.2. The largest absolute Gasteiger partial charge is 0.481 e. The first kappa shape index (κ1) is 18.0. The van der Waals surface area contributed by atoms with Gasteiger partial charge in [0.1, 0.15) is 0 Å². The van der Waals surface area contributed by atoms with Gasteiger partial charge in [-0.25, -0.2) is 0 Å². The lowest BCUT2D eigenvalue weighted by Crippen LogP contribution is -2.30. The van der Waals surface area contributed by atoms with Crippen LogP contribution in [0, 0.1) is 0 Å². The van der Waals surface area contributed by atoms with Gasteiger partial charge in [0.15, 0.2) is 0 Å². The van der Waals surface area contributed by atoms with Gasteiger partial charge < -0.3 is 10.4 Å². The van der Waals surface area contributed by atoms with Gasteiger partial charge in [-0.2, -0.15) is 0 Å². The van der Waals surface area contributed by atoms with Gasteiger partial charge >= 0.3 is 5.97 Å². The fourth-order valence-electron chi connectivity index (χ4n) is 2.32. The standard InChI is InChI=1S/C18H20N2O3S/c1-24-15-8-5-13(6-9-15)16(12-18(22)23)20-17(21)10-7-14-4-2-3-11-19-14/h2-6,8-9,11,16H,7,10,12H2,1H3,(H,20,21)(H,22,23). The Bertz CT molecular complexity index is 674. The van der Waals surface area contributed by atoms with Crippen LogP contribution in [0.4, 0.5) is 0 Å². The minimum atomic E-state index is -0.945. The molecule has 6 heteroatoms. The molecule has 0 saturated carbocycles. The molecule has 0 spiro atoms. The van der Waals surface area contributed by atoms with E-state index in [1.165, 1.54) is 0 Å². The number of aromatic nitrogens is 1. The minimum absolute atomic E-state index is 0.145. The molecule has 24 heavy (non-hydrogen) atoms. The number of hydrogen-bond acceptors (Lipinski definition) is 4. The molecule has 2 aromatic rings. The third-order valence-electron chi connectivity index (χ3n) is 3.57. The SMILES string of the molecule is CSc1ccc(C(CC(=O)O)NC(=O)CCc2ccccn2)cc1. The molecule has 1 aromatic carbocycles. The molecule has 1 amide bonds. The van der Waals surface area contributed by atoms with E-state index in [1.807, 2.05) is 48.7 Å². The summed E-state index contributed by atoms with van der Waals surface area (Å²) >= 11 is 1.61. The number of amides is 1. The lowest BCUT2D eigenvalue weighted by molar-refractivity contribution is -0.137. The Morgan fingerprint density at radius 3 is 2.54 bits per heavy atom. The van der Waals surface area contributed by atoms with Crippen LogP contribution < -0.4 is 5.32 Å². The van der Waals surface area contributed by atoms with Crippen LogP contribution in [0.1, 0.15) is 30.1 Å². The monoisotopic (exact) mass is 344 g/mol. The zero-order valence-electron chi connectivity index (χ0n) is 13.4. The summed E-state index contributed by atoms with van der Waals surface area (Å²) in [6.07, 6.45) is 4.32. The summed E-state index contributed by atoms with van der Waals surface area (Å²) in [7, 11) is 0. The van der Waals surface area contributed by atoms with Crippen molar-refractivity contribution in [1.29, 1.82) is 0 Å². The van der Waals surface area contributed by atoms with E-state index in [1.54, 1.807) is 18.0 Å². The van der Waals surface area contributed by atoms with Crippen molar-refractivity contribution in [2.24, 2.45) is 0 Å². The Labute approximate surface area is 145 Å². The summed E-state index contributed by atoms with van der Waals surface area (Å²) in [4.78, 5) is 28.5. The molecule has 0 aliphatic rings. The van der Waals surface area contributed by atoms with E-state index in [0.29, 0.717) is 6.42 Å². The number of carbonyl (C=O) groups is 2. The maximum absolute atomic E-state index is 12.2. The molecule has 1 heterocycles. The third kappa shape index (κ3) is 5.70. The van der Waals surface area contributed by atoms with Crippen molar-refractivity contribution in [3.8, 4) is 0 Å². The normalized spacial score (nSPS) is 11.7. The molecular formula is C18H20N2O3S. The first-order valence-electron chi connectivity index (χ1n) is 7.63. The van der Waals surface area contributed by atoms with Crippen molar-refractivity contribution < 1.29 is 14.7 Å². The van der Waals surface area contributed by atoms with Gasteiger partial charge in [-0.15, -0.1) is 11.8 Å². The molecule has 2 N–H and O–H groups in total. The molecule has 5 nitrogen and oxygen atoms in total. The van der Waals surface area contributed by atoms with Gasteiger partial charge in [-0.3, -0.25) is 14.6 Å². The smallest absolute Gasteiger partial charge is 0.305 e. The summed E-state index contributed by atoms with van der Waals surface area (Å²) in [5, 5.41) is 11.9. The molecule has 0 fully saturated rings. The summed E-state index contributed by atoms with van der Waals surface area (Å²) in [5.74, 6) is -1.13. The number of carbonyl (C=O) groups excluding carboxylic acids is 1. The van der Waals surface area contributed by atoms with Crippen LogP contribution in [0.25, 0.3) is 0 Å². The molecule has 0 aliphatic carbocycles. The van der Waals surface area contributed by atoms with Crippen molar-refractivity contribution >= 4 is 23.6 Å². The maximum atomic E-state index is 12.2. The number of carboxylic acid groups (broad SMARTS) is 1. The highest BCUT2D eigenvalue weighted by molar-refractivity contribution is 7.98. The van der Waals surface area contributed by atoms with Crippen LogP contribution in [0.3, 0.4) is 0 Å². The summed E-state index contributed by atoms with van der Waals surface area (Å²) in [6, 6.07) is 12.6. The highest BCUT2D eigenvalue weighted by Gasteiger charge is 2.18. The first-order valence-corrected chi connectivity index (χ1v) is 8.86. The number of carboxylic acids is 1. The second kappa shape index (κ2) is 9.08. The number of rotatable bonds is 8. The van der Waals surface area contributed by atoms with Gasteiger partial charge in [0.25, 0.3) is 0 Å². The van der Waals surface area contributed by atoms with Gasteiger partial charge in [0.05, 0.1) is 12.5 Å². The molecule has 1 aromatic heterocycles. The zero-order valence-corrected chi connectivity index (χ0v) is 14.3. The van der Waals surface area contributed by atoms with Gasteiger partial charge in [-0.1, -0.05) is 18.2 Å². The third-order valence-corrected chi connectivity index (χ3v) is 4.31. The molecule has 0 saturated heterocycles. The van der Waals surface area contributed by atoms with Crippen LogP contribution in [0.5, 0.6) is 0 Å². The first-order chi connectivity index (χ1) is 11.6. The fraction of sp³-hybridized carbons (Fsp3) is 0.278. The van der Waals surface area contributed by atoms with Crippen LogP contribution in [-0.4, -0.2) is 28.2 Å². The second-order valence-electron chi connectivity index (χ2n) is 5.31. The molecular weight excluding hydrogens is 324 g/mol. The maximum Gasteiger partial charge on any atom is 0.305 e. The molecule has 126 valence electrons. The Hall–Kier alpha value is -2.34. The van der Waals surface area contributed by atoms with E-state index in [2.05, 4.69) is 10.3 Å². The van der Waals surface area contributed by atoms with Gasteiger partial charge in [0, 0.05) is 23.2 Å².